The Hall–Kier alpha value is -0.820. The third kappa shape index (κ3) is 0.651. The van der Waals surface area contributed by atoms with Crippen LogP contribution in [-0.4, -0.2) is 11.2 Å². The molecule has 4 rings (SSSR count). The van der Waals surface area contributed by atoms with Crippen molar-refractivity contribution in [1.82, 2.24) is 0 Å². The van der Waals surface area contributed by atoms with Crippen molar-refractivity contribution in [3.63, 3.8) is 0 Å². The molecule has 72 valence electrons. The molecule has 0 aliphatic heterocycles. The van der Waals surface area contributed by atoms with Gasteiger partial charge in [0, 0.05) is 0 Å². The van der Waals surface area contributed by atoms with Crippen LogP contribution in [-0.2, 0) is 0 Å². The summed E-state index contributed by atoms with van der Waals surface area (Å²) in [6.45, 7) is 0. The molecule has 3 aliphatic rings. The first-order valence-corrected chi connectivity index (χ1v) is 5.63. The highest BCUT2D eigenvalue weighted by atomic mass is 16.3. The molecule has 0 saturated heterocycles. The maximum atomic E-state index is 9.87. The van der Waals surface area contributed by atoms with Gasteiger partial charge in [0.2, 0.25) is 0 Å². The van der Waals surface area contributed by atoms with Gasteiger partial charge in [0.15, 0.2) is 0 Å². The Labute approximate surface area is 83.8 Å². The first kappa shape index (κ1) is 7.47. The Balaban J connectivity index is 1.85. The van der Waals surface area contributed by atoms with Crippen LogP contribution < -0.4 is 0 Å². The normalized spacial score (nSPS) is 47.1. The van der Waals surface area contributed by atoms with Crippen molar-refractivity contribution in [2.45, 2.75) is 30.8 Å². The number of fused-ring (bicyclic) bond motifs is 8. The number of aliphatic hydroxyl groups excluding tert-OH is 1. The molecular formula is C13H14O. The maximum absolute atomic E-state index is 9.87. The van der Waals surface area contributed by atoms with E-state index in [1.54, 1.807) is 5.56 Å². The van der Waals surface area contributed by atoms with Gasteiger partial charge in [0.25, 0.3) is 0 Å². The van der Waals surface area contributed by atoms with Gasteiger partial charge >= 0.3 is 0 Å². The summed E-state index contributed by atoms with van der Waals surface area (Å²) in [4.78, 5) is 0. The van der Waals surface area contributed by atoms with E-state index in [1.807, 2.05) is 0 Å². The fourth-order valence-electron chi connectivity index (χ4n) is 4.22. The van der Waals surface area contributed by atoms with Gasteiger partial charge in [-0.05, 0) is 47.6 Å². The fourth-order valence-corrected chi connectivity index (χ4v) is 4.22. The molecule has 2 saturated carbocycles. The smallest absolute Gasteiger partial charge is 0.0577 e. The Morgan fingerprint density at radius 3 is 2.50 bits per heavy atom. The van der Waals surface area contributed by atoms with Gasteiger partial charge in [-0.3, -0.25) is 0 Å². The van der Waals surface area contributed by atoms with E-state index in [0.29, 0.717) is 11.8 Å². The van der Waals surface area contributed by atoms with E-state index >= 15 is 0 Å². The summed E-state index contributed by atoms with van der Waals surface area (Å²) in [5.41, 5.74) is 3.11. The van der Waals surface area contributed by atoms with Crippen molar-refractivity contribution < 1.29 is 5.11 Å². The lowest BCUT2D eigenvalue weighted by Crippen LogP contribution is -2.35. The molecule has 5 atom stereocenters. The summed E-state index contributed by atoms with van der Waals surface area (Å²) in [5, 5.41) is 9.87. The van der Waals surface area contributed by atoms with E-state index in [-0.39, 0.29) is 6.10 Å². The molecule has 0 aromatic heterocycles. The van der Waals surface area contributed by atoms with Crippen LogP contribution >= 0.6 is 0 Å². The van der Waals surface area contributed by atoms with Crippen LogP contribution in [0.25, 0.3) is 0 Å². The summed E-state index contributed by atoms with van der Waals surface area (Å²) in [7, 11) is 0. The minimum atomic E-state index is -0.00499. The zero-order valence-corrected chi connectivity index (χ0v) is 8.06. The van der Waals surface area contributed by atoms with Gasteiger partial charge in [-0.2, -0.15) is 0 Å². The summed E-state index contributed by atoms with van der Waals surface area (Å²) in [6.07, 6.45) is 2.32. The van der Waals surface area contributed by atoms with Gasteiger partial charge in [-0.1, -0.05) is 24.3 Å². The second-order valence-electron chi connectivity index (χ2n) is 5.14. The third-order valence-electron chi connectivity index (χ3n) is 4.68. The van der Waals surface area contributed by atoms with Crippen molar-refractivity contribution >= 4 is 0 Å². The zero-order valence-electron chi connectivity index (χ0n) is 8.06. The first-order valence-electron chi connectivity index (χ1n) is 5.63. The molecule has 0 amide bonds. The Morgan fingerprint density at radius 2 is 1.71 bits per heavy atom. The lowest BCUT2D eigenvalue weighted by molar-refractivity contribution is 0.0847. The van der Waals surface area contributed by atoms with Gasteiger partial charge in [0.1, 0.15) is 0 Å². The minimum Gasteiger partial charge on any atom is -0.393 e. The Morgan fingerprint density at radius 1 is 1.00 bits per heavy atom. The second kappa shape index (κ2) is 2.22. The average molecular weight is 186 g/mol. The first-order chi connectivity index (χ1) is 6.86. The van der Waals surface area contributed by atoms with Crippen molar-refractivity contribution in [3.8, 4) is 0 Å². The van der Waals surface area contributed by atoms with Crippen LogP contribution in [0.15, 0.2) is 24.3 Å². The maximum Gasteiger partial charge on any atom is 0.0577 e. The predicted molar refractivity (Wildman–Crippen MR) is 54.1 cm³/mol. The van der Waals surface area contributed by atoms with Crippen molar-refractivity contribution in [2.75, 3.05) is 0 Å². The molecule has 14 heavy (non-hydrogen) atoms. The van der Waals surface area contributed by atoms with E-state index in [9.17, 15) is 5.11 Å². The quantitative estimate of drug-likeness (QED) is 0.659. The molecule has 0 heterocycles. The lowest BCUT2D eigenvalue weighted by Gasteiger charge is -2.44. The van der Waals surface area contributed by atoms with Crippen molar-refractivity contribution in [1.29, 1.82) is 0 Å². The topological polar surface area (TPSA) is 20.2 Å². The highest BCUT2D eigenvalue weighted by Crippen LogP contribution is 2.67. The van der Waals surface area contributed by atoms with Crippen LogP contribution in [0.3, 0.4) is 0 Å². The molecule has 2 fully saturated rings. The predicted octanol–water partition coefficient (Wildman–Crippen LogP) is 2.27. The zero-order chi connectivity index (χ0) is 9.28. The second-order valence-corrected chi connectivity index (χ2v) is 5.14. The fraction of sp³-hybridized carbons (Fsp3) is 0.538. The molecule has 1 aromatic rings. The highest BCUT2D eigenvalue weighted by molar-refractivity contribution is 5.49. The van der Waals surface area contributed by atoms with Crippen LogP contribution in [0.5, 0.6) is 0 Å². The molecule has 0 radical (unpaired) electrons. The van der Waals surface area contributed by atoms with Gasteiger partial charge in [-0.25, -0.2) is 0 Å². The van der Waals surface area contributed by atoms with E-state index < -0.39 is 0 Å². The summed E-state index contributed by atoms with van der Waals surface area (Å²) in [5.74, 6) is 2.88. The van der Waals surface area contributed by atoms with Gasteiger partial charge < -0.3 is 5.11 Å². The van der Waals surface area contributed by atoms with Gasteiger partial charge in [-0.15, -0.1) is 0 Å². The number of benzene rings is 1. The van der Waals surface area contributed by atoms with Crippen LogP contribution in [0.1, 0.15) is 35.8 Å². The van der Waals surface area contributed by atoms with Crippen LogP contribution in [0.2, 0.25) is 0 Å². The average Bonchev–Trinajstić information content (AvgIpc) is 2.65. The highest BCUT2D eigenvalue weighted by Gasteiger charge is 2.58. The van der Waals surface area contributed by atoms with Gasteiger partial charge in [0.05, 0.1) is 6.10 Å². The molecular weight excluding hydrogens is 172 g/mol. The molecule has 2 bridgehead atoms. The van der Waals surface area contributed by atoms with Crippen molar-refractivity contribution in [3.05, 3.63) is 35.4 Å². The molecule has 3 aliphatic carbocycles. The number of aliphatic hydroxyl groups is 1. The number of hydrogen-bond donors (Lipinski definition) is 1. The van der Waals surface area contributed by atoms with Crippen LogP contribution in [0, 0.1) is 11.8 Å². The molecule has 1 aromatic carbocycles. The molecule has 1 N–H and O–H groups in total. The largest absolute Gasteiger partial charge is 0.393 e. The van der Waals surface area contributed by atoms with E-state index in [2.05, 4.69) is 24.3 Å². The van der Waals surface area contributed by atoms with E-state index in [1.165, 1.54) is 12.0 Å². The van der Waals surface area contributed by atoms with E-state index in [0.717, 1.165) is 18.3 Å². The molecule has 5 unspecified atom stereocenters. The molecule has 1 nitrogen and oxygen atoms in total. The number of hydrogen-bond acceptors (Lipinski definition) is 1. The summed E-state index contributed by atoms with van der Waals surface area (Å²) >= 11 is 0. The molecule has 1 heteroatoms. The molecule has 0 spiro atoms. The standard InChI is InChI=1S/C13H14O/c14-11-6-7-5-10(11)13-9-4-2-1-3-8(9)12(7)13/h1-4,7,10-14H,5-6H2. The lowest BCUT2D eigenvalue weighted by atomic mass is 9.61. The Bertz CT molecular complexity index is 398. The minimum absolute atomic E-state index is 0.00499. The van der Waals surface area contributed by atoms with E-state index in [4.69, 9.17) is 0 Å². The SMILES string of the molecule is OC1CC2CC1C1c3ccccc3C21. The third-order valence-corrected chi connectivity index (χ3v) is 4.68. The van der Waals surface area contributed by atoms with Crippen LogP contribution in [0.4, 0.5) is 0 Å². The Kier molecular flexibility index (Phi) is 1.18. The summed E-state index contributed by atoms with van der Waals surface area (Å²) < 4.78 is 0. The monoisotopic (exact) mass is 186 g/mol. The summed E-state index contributed by atoms with van der Waals surface area (Å²) in [6, 6.07) is 8.82. The van der Waals surface area contributed by atoms with Crippen molar-refractivity contribution in [2.24, 2.45) is 11.8 Å². The number of rotatable bonds is 0.